The normalized spacial score (nSPS) is 21.6. The van der Waals surface area contributed by atoms with Crippen LogP contribution in [0.5, 0.6) is 0 Å². The maximum atomic E-state index is 12.1. The third-order valence-corrected chi connectivity index (χ3v) is 4.62. The van der Waals surface area contributed by atoms with Gasteiger partial charge in [-0.25, -0.2) is 4.79 Å². The molecule has 2 fully saturated rings. The van der Waals surface area contributed by atoms with Crippen LogP contribution in [-0.2, 0) is 16.1 Å². The number of rotatable bonds is 5. The summed E-state index contributed by atoms with van der Waals surface area (Å²) in [6.45, 7) is 3.62. The molecule has 6 nitrogen and oxygen atoms in total. The van der Waals surface area contributed by atoms with E-state index >= 15 is 0 Å². The first-order valence-electron chi connectivity index (χ1n) is 8.28. The van der Waals surface area contributed by atoms with Crippen molar-refractivity contribution in [2.75, 3.05) is 32.8 Å². The van der Waals surface area contributed by atoms with Gasteiger partial charge in [-0.05, 0) is 37.1 Å². The number of halogens is 1. The van der Waals surface area contributed by atoms with E-state index in [1.54, 1.807) is 0 Å². The summed E-state index contributed by atoms with van der Waals surface area (Å²) in [5.74, 6) is -0.118. The molecule has 1 atom stereocenters. The molecule has 2 amide bonds. The fourth-order valence-corrected chi connectivity index (χ4v) is 3.31. The van der Waals surface area contributed by atoms with Crippen molar-refractivity contribution in [1.82, 2.24) is 15.1 Å². The highest BCUT2D eigenvalue weighted by Crippen LogP contribution is 2.16. The van der Waals surface area contributed by atoms with E-state index in [1.807, 2.05) is 24.3 Å². The fourth-order valence-electron chi connectivity index (χ4n) is 3.18. The van der Waals surface area contributed by atoms with Crippen LogP contribution in [0, 0.1) is 0 Å². The van der Waals surface area contributed by atoms with E-state index in [9.17, 15) is 9.59 Å². The predicted molar refractivity (Wildman–Crippen MR) is 90.8 cm³/mol. The zero-order valence-electron chi connectivity index (χ0n) is 13.5. The summed E-state index contributed by atoms with van der Waals surface area (Å²) in [6, 6.07) is 7.98. The number of amides is 2. The molecule has 1 unspecified atom stereocenters. The van der Waals surface area contributed by atoms with Gasteiger partial charge in [0.2, 0.25) is 5.91 Å². The number of carbonyl (C=O) groups is 2. The largest absolute Gasteiger partial charge is 0.448 e. The van der Waals surface area contributed by atoms with E-state index in [0.717, 1.165) is 37.5 Å². The maximum absolute atomic E-state index is 12.1. The van der Waals surface area contributed by atoms with E-state index in [4.69, 9.17) is 16.3 Å². The highest BCUT2D eigenvalue weighted by atomic mass is 35.5. The van der Waals surface area contributed by atoms with Crippen molar-refractivity contribution in [3.05, 3.63) is 34.9 Å². The average Bonchev–Trinajstić information content (AvgIpc) is 2.95. The number of carbonyl (C=O) groups excluding carboxylic acids is 2. The van der Waals surface area contributed by atoms with Crippen LogP contribution in [0.1, 0.15) is 18.4 Å². The van der Waals surface area contributed by atoms with E-state index in [0.29, 0.717) is 13.2 Å². The molecule has 1 aromatic rings. The minimum absolute atomic E-state index is 0.0759. The molecule has 0 aromatic heterocycles. The molecule has 2 saturated heterocycles. The predicted octanol–water partition coefficient (Wildman–Crippen LogP) is 1.87. The number of piperidine rings is 1. The first kappa shape index (κ1) is 17.0. The van der Waals surface area contributed by atoms with Crippen LogP contribution in [-0.4, -0.2) is 60.6 Å². The third-order valence-electron chi connectivity index (χ3n) is 4.37. The Balaban J connectivity index is 1.47. The zero-order chi connectivity index (χ0) is 16.9. The molecule has 1 N–H and O–H groups in total. The molecule has 2 aliphatic heterocycles. The van der Waals surface area contributed by atoms with Crippen LogP contribution in [0.15, 0.2) is 24.3 Å². The van der Waals surface area contributed by atoms with Crippen LogP contribution < -0.4 is 5.32 Å². The Labute approximate surface area is 146 Å². The summed E-state index contributed by atoms with van der Waals surface area (Å²) in [6.07, 6.45) is 1.61. The summed E-state index contributed by atoms with van der Waals surface area (Å²) in [5.41, 5.74) is 1.21. The number of hydrogen-bond donors (Lipinski definition) is 1. The second kappa shape index (κ2) is 7.85. The average molecular weight is 352 g/mol. The van der Waals surface area contributed by atoms with Crippen molar-refractivity contribution in [2.45, 2.75) is 25.4 Å². The molecule has 0 radical (unpaired) electrons. The van der Waals surface area contributed by atoms with E-state index in [-0.39, 0.29) is 18.5 Å². The number of ether oxygens (including phenoxy) is 1. The van der Waals surface area contributed by atoms with Crippen molar-refractivity contribution in [2.24, 2.45) is 0 Å². The van der Waals surface area contributed by atoms with Gasteiger partial charge in [0.05, 0.1) is 6.54 Å². The number of hydrogen-bond acceptors (Lipinski definition) is 4. The molecule has 3 rings (SSSR count). The highest BCUT2D eigenvalue weighted by molar-refractivity contribution is 6.30. The lowest BCUT2D eigenvalue weighted by Gasteiger charge is -2.33. The molecule has 130 valence electrons. The van der Waals surface area contributed by atoms with Gasteiger partial charge in [0.25, 0.3) is 0 Å². The quantitative estimate of drug-likeness (QED) is 0.879. The summed E-state index contributed by atoms with van der Waals surface area (Å²) < 4.78 is 4.84. The molecule has 0 saturated carbocycles. The molecule has 0 bridgehead atoms. The SMILES string of the molecule is O=C(CN1CCOC1=O)NC1CCCN(Cc2ccc(Cl)cc2)C1. The van der Waals surface area contributed by atoms with E-state index in [2.05, 4.69) is 10.2 Å². The number of likely N-dealkylation sites (tertiary alicyclic amines) is 1. The number of nitrogens with one attached hydrogen (secondary N) is 1. The van der Waals surface area contributed by atoms with Crippen molar-refractivity contribution in [3.63, 3.8) is 0 Å². The maximum Gasteiger partial charge on any atom is 0.410 e. The van der Waals surface area contributed by atoms with E-state index < -0.39 is 6.09 Å². The number of benzene rings is 1. The lowest BCUT2D eigenvalue weighted by molar-refractivity contribution is -0.122. The van der Waals surface area contributed by atoms with Gasteiger partial charge in [-0.15, -0.1) is 0 Å². The topological polar surface area (TPSA) is 61.9 Å². The lowest BCUT2D eigenvalue weighted by Crippen LogP contribution is -2.49. The molecular formula is C17H22ClN3O3. The first-order chi connectivity index (χ1) is 11.6. The molecule has 1 aromatic carbocycles. The van der Waals surface area contributed by atoms with Crippen LogP contribution in [0.2, 0.25) is 5.02 Å². The molecule has 0 aliphatic carbocycles. The smallest absolute Gasteiger partial charge is 0.410 e. The van der Waals surface area contributed by atoms with Gasteiger partial charge in [0, 0.05) is 24.2 Å². The van der Waals surface area contributed by atoms with Crippen LogP contribution in [0.3, 0.4) is 0 Å². The second-order valence-corrected chi connectivity index (χ2v) is 6.74. The Morgan fingerprint density at radius 3 is 2.79 bits per heavy atom. The number of nitrogens with zero attached hydrogens (tertiary/aromatic N) is 2. The van der Waals surface area contributed by atoms with Gasteiger partial charge in [0.1, 0.15) is 13.2 Å². The monoisotopic (exact) mass is 351 g/mol. The highest BCUT2D eigenvalue weighted by Gasteiger charge is 2.26. The van der Waals surface area contributed by atoms with Crippen molar-refractivity contribution >= 4 is 23.6 Å². The first-order valence-corrected chi connectivity index (χ1v) is 8.66. The second-order valence-electron chi connectivity index (χ2n) is 6.30. The van der Waals surface area contributed by atoms with Gasteiger partial charge >= 0.3 is 6.09 Å². The fraction of sp³-hybridized carbons (Fsp3) is 0.529. The molecule has 2 heterocycles. The Morgan fingerprint density at radius 1 is 1.29 bits per heavy atom. The van der Waals surface area contributed by atoms with Crippen molar-refractivity contribution in [3.8, 4) is 0 Å². The third kappa shape index (κ3) is 4.61. The molecule has 0 spiro atoms. The number of cyclic esters (lactones) is 1. The van der Waals surface area contributed by atoms with Crippen LogP contribution in [0.25, 0.3) is 0 Å². The molecular weight excluding hydrogens is 330 g/mol. The van der Waals surface area contributed by atoms with Crippen molar-refractivity contribution in [1.29, 1.82) is 0 Å². The zero-order valence-corrected chi connectivity index (χ0v) is 14.3. The minimum atomic E-state index is -0.404. The molecule has 24 heavy (non-hydrogen) atoms. The van der Waals surface area contributed by atoms with Gasteiger partial charge in [-0.2, -0.15) is 0 Å². The molecule has 7 heteroatoms. The summed E-state index contributed by atoms with van der Waals surface area (Å²) in [5, 5.41) is 3.78. The van der Waals surface area contributed by atoms with Crippen molar-refractivity contribution < 1.29 is 14.3 Å². The van der Waals surface area contributed by atoms with E-state index in [1.165, 1.54) is 10.5 Å². The Hall–Kier alpha value is -1.79. The summed E-state index contributed by atoms with van der Waals surface area (Å²) in [7, 11) is 0. The Bertz CT molecular complexity index is 593. The van der Waals surface area contributed by atoms with Gasteiger partial charge in [-0.1, -0.05) is 23.7 Å². The summed E-state index contributed by atoms with van der Waals surface area (Å²) in [4.78, 5) is 27.3. The Kier molecular flexibility index (Phi) is 5.58. The molecule has 2 aliphatic rings. The van der Waals surface area contributed by atoms with Crippen LogP contribution >= 0.6 is 11.6 Å². The van der Waals surface area contributed by atoms with Gasteiger partial charge in [-0.3, -0.25) is 14.6 Å². The standard InChI is InChI=1S/C17H22ClN3O3/c18-14-5-3-13(4-6-14)10-20-7-1-2-15(11-20)19-16(22)12-21-8-9-24-17(21)23/h3-6,15H,1-2,7-12H2,(H,19,22). The minimum Gasteiger partial charge on any atom is -0.448 e. The Morgan fingerprint density at radius 2 is 2.08 bits per heavy atom. The van der Waals surface area contributed by atoms with Crippen LogP contribution in [0.4, 0.5) is 4.79 Å². The lowest BCUT2D eigenvalue weighted by atomic mass is 10.0. The summed E-state index contributed by atoms with van der Waals surface area (Å²) >= 11 is 5.92. The van der Waals surface area contributed by atoms with Gasteiger partial charge < -0.3 is 10.1 Å². The van der Waals surface area contributed by atoms with Gasteiger partial charge in [0.15, 0.2) is 0 Å².